The quantitative estimate of drug-likeness (QED) is 0.652. The molecule has 3 aromatic rings. The summed E-state index contributed by atoms with van der Waals surface area (Å²) in [6.07, 6.45) is 4.01. The summed E-state index contributed by atoms with van der Waals surface area (Å²) in [6, 6.07) is 11.8. The Morgan fingerprint density at radius 2 is 2.12 bits per heavy atom. The van der Waals surface area contributed by atoms with Crippen LogP contribution in [0.1, 0.15) is 23.7 Å². The second kappa shape index (κ2) is 6.76. The zero-order chi connectivity index (χ0) is 17.2. The Bertz CT molecular complexity index is 858. The molecule has 3 heterocycles. The Hall–Kier alpha value is -2.54. The molecule has 1 fully saturated rings. The number of aromatic nitrogens is 2. The summed E-state index contributed by atoms with van der Waals surface area (Å²) in [5.74, 6) is 1.50. The van der Waals surface area contributed by atoms with Crippen LogP contribution in [0, 0.1) is 0 Å². The third-order valence-electron chi connectivity index (χ3n) is 4.29. The summed E-state index contributed by atoms with van der Waals surface area (Å²) in [4.78, 5) is 19.8. The molecule has 2 aromatic heterocycles. The van der Waals surface area contributed by atoms with Crippen LogP contribution in [0.15, 0.2) is 56.5 Å². The van der Waals surface area contributed by atoms with E-state index >= 15 is 0 Å². The van der Waals surface area contributed by atoms with Gasteiger partial charge < -0.3 is 13.8 Å². The first-order chi connectivity index (χ1) is 12.2. The molecule has 1 aromatic carbocycles. The van der Waals surface area contributed by atoms with Crippen LogP contribution >= 0.6 is 11.8 Å². The van der Waals surface area contributed by atoms with Gasteiger partial charge in [-0.3, -0.25) is 4.79 Å². The largest absolute Gasteiger partial charge is 0.459 e. The number of hydrogen-bond acceptors (Lipinski definition) is 6. The van der Waals surface area contributed by atoms with Crippen molar-refractivity contribution < 1.29 is 13.7 Å². The lowest BCUT2D eigenvalue weighted by Gasteiger charge is -2.16. The summed E-state index contributed by atoms with van der Waals surface area (Å²) in [5.41, 5.74) is 1.12. The Morgan fingerprint density at radius 3 is 2.84 bits per heavy atom. The van der Waals surface area contributed by atoms with Crippen LogP contribution in [0.5, 0.6) is 0 Å². The van der Waals surface area contributed by atoms with Gasteiger partial charge in [-0.1, -0.05) is 17.3 Å². The van der Waals surface area contributed by atoms with E-state index in [-0.39, 0.29) is 11.8 Å². The van der Waals surface area contributed by atoms with Gasteiger partial charge in [0, 0.05) is 30.3 Å². The number of nitrogens with zero attached hydrogens (tertiary/aromatic N) is 3. The number of carbonyl (C=O) groups is 1. The van der Waals surface area contributed by atoms with Gasteiger partial charge in [0.25, 0.3) is 5.89 Å². The lowest BCUT2D eigenvalue weighted by molar-refractivity contribution is -0.128. The van der Waals surface area contributed by atoms with Crippen LogP contribution in [0.2, 0.25) is 0 Å². The SMILES string of the molecule is CSc1ccc(CN2CC(c3noc(-c4ccco4)n3)CC2=O)cc1. The summed E-state index contributed by atoms with van der Waals surface area (Å²) in [7, 11) is 0. The van der Waals surface area contributed by atoms with E-state index in [1.54, 1.807) is 30.2 Å². The number of benzene rings is 1. The first-order valence-electron chi connectivity index (χ1n) is 8.01. The molecule has 1 unspecified atom stereocenters. The van der Waals surface area contributed by atoms with Gasteiger partial charge in [0.2, 0.25) is 5.91 Å². The van der Waals surface area contributed by atoms with Gasteiger partial charge in [-0.05, 0) is 36.1 Å². The minimum Gasteiger partial charge on any atom is -0.459 e. The van der Waals surface area contributed by atoms with Crippen molar-refractivity contribution in [2.24, 2.45) is 0 Å². The van der Waals surface area contributed by atoms with Crippen LogP contribution in [0.25, 0.3) is 11.7 Å². The third-order valence-corrected chi connectivity index (χ3v) is 5.03. The van der Waals surface area contributed by atoms with Crippen LogP contribution in [-0.4, -0.2) is 33.7 Å². The molecule has 6 nitrogen and oxygen atoms in total. The van der Waals surface area contributed by atoms with Crippen LogP contribution in [-0.2, 0) is 11.3 Å². The highest BCUT2D eigenvalue weighted by Crippen LogP contribution is 2.29. The fraction of sp³-hybridized carbons (Fsp3) is 0.278. The van der Waals surface area contributed by atoms with Crippen molar-refractivity contribution in [3.63, 3.8) is 0 Å². The molecule has 7 heteroatoms. The molecule has 1 aliphatic heterocycles. The standard InChI is InChI=1S/C18H17N3O3S/c1-25-14-6-4-12(5-7-14)10-21-11-13(9-16(21)22)17-19-18(24-20-17)15-3-2-8-23-15/h2-8,13H,9-11H2,1H3. The highest BCUT2D eigenvalue weighted by molar-refractivity contribution is 7.98. The molecule has 0 N–H and O–H groups in total. The van der Waals surface area contributed by atoms with Crippen molar-refractivity contribution in [2.45, 2.75) is 23.8 Å². The fourth-order valence-corrected chi connectivity index (χ4v) is 3.36. The van der Waals surface area contributed by atoms with Gasteiger partial charge in [0.15, 0.2) is 11.6 Å². The van der Waals surface area contributed by atoms with Crippen LogP contribution in [0.3, 0.4) is 0 Å². The van der Waals surface area contributed by atoms with Crippen LogP contribution in [0.4, 0.5) is 0 Å². The van der Waals surface area contributed by atoms with E-state index in [0.29, 0.717) is 37.0 Å². The van der Waals surface area contributed by atoms with Crippen molar-refractivity contribution in [3.8, 4) is 11.7 Å². The summed E-state index contributed by atoms with van der Waals surface area (Å²) in [6.45, 7) is 1.20. The highest BCUT2D eigenvalue weighted by atomic mass is 32.2. The first-order valence-corrected chi connectivity index (χ1v) is 9.23. The number of hydrogen-bond donors (Lipinski definition) is 0. The van der Waals surface area contributed by atoms with Gasteiger partial charge in [-0.15, -0.1) is 11.8 Å². The van der Waals surface area contributed by atoms with Crippen molar-refractivity contribution in [1.82, 2.24) is 15.0 Å². The maximum absolute atomic E-state index is 12.3. The van der Waals surface area contributed by atoms with Crippen molar-refractivity contribution in [1.29, 1.82) is 0 Å². The van der Waals surface area contributed by atoms with Gasteiger partial charge >= 0.3 is 0 Å². The van der Waals surface area contributed by atoms with Gasteiger partial charge in [-0.25, -0.2) is 0 Å². The molecular weight excluding hydrogens is 338 g/mol. The Morgan fingerprint density at radius 1 is 1.28 bits per heavy atom. The molecule has 1 saturated heterocycles. The molecule has 0 spiro atoms. The maximum atomic E-state index is 12.3. The lowest BCUT2D eigenvalue weighted by atomic mass is 10.1. The zero-order valence-corrected chi connectivity index (χ0v) is 14.5. The van der Waals surface area contributed by atoms with E-state index in [9.17, 15) is 4.79 Å². The van der Waals surface area contributed by atoms with E-state index in [1.165, 1.54) is 4.90 Å². The minimum atomic E-state index is -0.0505. The average molecular weight is 355 g/mol. The molecule has 0 saturated carbocycles. The van der Waals surface area contributed by atoms with Crippen LogP contribution < -0.4 is 0 Å². The number of carbonyl (C=O) groups excluding carboxylic acids is 1. The molecule has 25 heavy (non-hydrogen) atoms. The third kappa shape index (κ3) is 3.32. The van der Waals surface area contributed by atoms with E-state index < -0.39 is 0 Å². The Labute approximate surface area is 149 Å². The number of amides is 1. The van der Waals surface area contributed by atoms with Gasteiger partial charge in [0.1, 0.15) is 0 Å². The van der Waals surface area contributed by atoms with E-state index in [0.717, 1.165) is 5.56 Å². The van der Waals surface area contributed by atoms with E-state index in [4.69, 9.17) is 8.94 Å². The molecule has 1 amide bonds. The molecule has 0 aliphatic carbocycles. The second-order valence-corrected chi connectivity index (χ2v) is 6.84. The Kier molecular flexibility index (Phi) is 4.31. The Balaban J connectivity index is 1.44. The molecule has 0 radical (unpaired) electrons. The first kappa shape index (κ1) is 16.0. The smallest absolute Gasteiger partial charge is 0.293 e. The van der Waals surface area contributed by atoms with Crippen molar-refractivity contribution in [3.05, 3.63) is 54.0 Å². The number of likely N-dealkylation sites (tertiary alicyclic amines) is 1. The lowest BCUT2D eigenvalue weighted by Crippen LogP contribution is -2.24. The molecule has 1 atom stereocenters. The average Bonchev–Trinajstić information content (AvgIpc) is 3.36. The molecule has 4 rings (SSSR count). The van der Waals surface area contributed by atoms with Crippen molar-refractivity contribution >= 4 is 17.7 Å². The minimum absolute atomic E-state index is 0.0505. The number of thioether (sulfide) groups is 1. The van der Waals surface area contributed by atoms with E-state index in [1.807, 2.05) is 11.2 Å². The van der Waals surface area contributed by atoms with E-state index in [2.05, 4.69) is 34.4 Å². The highest BCUT2D eigenvalue weighted by Gasteiger charge is 2.33. The monoisotopic (exact) mass is 355 g/mol. The topological polar surface area (TPSA) is 72.4 Å². The normalized spacial score (nSPS) is 17.4. The van der Waals surface area contributed by atoms with Gasteiger partial charge in [-0.2, -0.15) is 4.98 Å². The van der Waals surface area contributed by atoms with Gasteiger partial charge in [0.05, 0.1) is 6.26 Å². The molecule has 0 bridgehead atoms. The zero-order valence-electron chi connectivity index (χ0n) is 13.7. The number of furan rings is 1. The number of rotatable bonds is 5. The van der Waals surface area contributed by atoms with Crippen molar-refractivity contribution in [2.75, 3.05) is 12.8 Å². The summed E-state index contributed by atoms with van der Waals surface area (Å²) >= 11 is 1.70. The summed E-state index contributed by atoms with van der Waals surface area (Å²) in [5, 5.41) is 4.03. The molecule has 1 aliphatic rings. The fourth-order valence-electron chi connectivity index (χ4n) is 2.95. The maximum Gasteiger partial charge on any atom is 0.293 e. The predicted molar refractivity (Wildman–Crippen MR) is 93.0 cm³/mol. The second-order valence-electron chi connectivity index (χ2n) is 5.96. The molecular formula is C18H17N3O3S. The molecule has 128 valence electrons. The predicted octanol–water partition coefficient (Wildman–Crippen LogP) is 3.57. The summed E-state index contributed by atoms with van der Waals surface area (Å²) < 4.78 is 10.5.